The average Bonchev–Trinajstić information content (AvgIpc) is 2.27. The molecule has 0 fully saturated rings. The Bertz CT molecular complexity index is 273. The summed E-state index contributed by atoms with van der Waals surface area (Å²) in [6.07, 6.45) is 4.94. The number of nitrogens with one attached hydrogen (secondary N) is 1. The van der Waals surface area contributed by atoms with E-state index in [-0.39, 0.29) is 0 Å². The lowest BCUT2D eigenvalue weighted by Crippen LogP contribution is -2.40. The Morgan fingerprint density at radius 3 is 2.39 bits per heavy atom. The topological polar surface area (TPSA) is 15.3 Å². The Labute approximate surface area is 114 Å². The van der Waals surface area contributed by atoms with Crippen LogP contribution in [0.1, 0.15) is 54.4 Å². The summed E-state index contributed by atoms with van der Waals surface area (Å²) < 4.78 is 0. The molecule has 0 radical (unpaired) electrons. The van der Waals surface area contributed by atoms with Crippen LogP contribution >= 0.6 is 0 Å². The van der Waals surface area contributed by atoms with E-state index >= 15 is 0 Å². The van der Waals surface area contributed by atoms with Crippen LogP contribution in [-0.4, -0.2) is 36.6 Å². The van der Waals surface area contributed by atoms with Crippen LogP contribution in [0, 0.1) is 5.41 Å². The van der Waals surface area contributed by atoms with Crippen LogP contribution in [0.3, 0.4) is 0 Å². The minimum absolute atomic E-state index is 0.356. The third-order valence-corrected chi connectivity index (χ3v) is 3.94. The lowest BCUT2D eigenvalue weighted by Gasteiger charge is -2.35. The molecule has 1 N–H and O–H groups in total. The van der Waals surface area contributed by atoms with Gasteiger partial charge in [-0.1, -0.05) is 46.3 Å². The summed E-state index contributed by atoms with van der Waals surface area (Å²) in [5.41, 5.74) is 1.99. The fraction of sp³-hybridized carbons (Fsp3) is 0.875. The van der Waals surface area contributed by atoms with E-state index in [1.807, 2.05) is 0 Å². The van der Waals surface area contributed by atoms with E-state index in [2.05, 4.69) is 57.8 Å². The molecule has 0 aromatic heterocycles. The van der Waals surface area contributed by atoms with Gasteiger partial charge in [0.25, 0.3) is 0 Å². The predicted octanol–water partition coefficient (Wildman–Crippen LogP) is 3.44. The SMILES string of the molecule is CC(C)NCCC(C)N1CC=C(C(C)(C)C)CC1. The van der Waals surface area contributed by atoms with E-state index in [1.165, 1.54) is 19.4 Å². The van der Waals surface area contributed by atoms with Crippen molar-refractivity contribution in [3.05, 3.63) is 11.6 Å². The first-order valence-electron chi connectivity index (χ1n) is 7.47. The van der Waals surface area contributed by atoms with Crippen molar-refractivity contribution in [2.24, 2.45) is 5.41 Å². The number of hydrogen-bond donors (Lipinski definition) is 1. The van der Waals surface area contributed by atoms with E-state index in [0.717, 1.165) is 13.1 Å². The second kappa shape index (κ2) is 6.72. The standard InChI is InChI=1S/C16H32N2/c1-13(2)17-10-7-14(3)18-11-8-15(9-12-18)16(4,5)6/h8,13-14,17H,7,9-12H2,1-6H3. The summed E-state index contributed by atoms with van der Waals surface area (Å²) in [6, 6.07) is 1.29. The van der Waals surface area contributed by atoms with Crippen LogP contribution in [0.2, 0.25) is 0 Å². The van der Waals surface area contributed by atoms with E-state index in [1.54, 1.807) is 5.57 Å². The fourth-order valence-corrected chi connectivity index (χ4v) is 2.53. The predicted molar refractivity (Wildman–Crippen MR) is 80.9 cm³/mol. The van der Waals surface area contributed by atoms with Crippen LogP contribution in [0.15, 0.2) is 11.6 Å². The molecule has 0 saturated heterocycles. The molecule has 2 heteroatoms. The fourth-order valence-electron chi connectivity index (χ4n) is 2.53. The van der Waals surface area contributed by atoms with Crippen molar-refractivity contribution in [2.45, 2.75) is 66.5 Å². The summed E-state index contributed by atoms with van der Waals surface area (Å²) in [5, 5.41) is 3.51. The molecule has 106 valence electrons. The van der Waals surface area contributed by atoms with Gasteiger partial charge in [-0.2, -0.15) is 0 Å². The molecule has 1 aliphatic heterocycles. The molecule has 0 aliphatic carbocycles. The molecule has 2 nitrogen and oxygen atoms in total. The highest BCUT2D eigenvalue weighted by atomic mass is 15.2. The van der Waals surface area contributed by atoms with Crippen molar-refractivity contribution in [3.8, 4) is 0 Å². The van der Waals surface area contributed by atoms with Crippen LogP contribution in [-0.2, 0) is 0 Å². The summed E-state index contributed by atoms with van der Waals surface area (Å²) in [7, 11) is 0. The molecule has 0 bridgehead atoms. The zero-order chi connectivity index (χ0) is 13.8. The molecule has 0 aromatic carbocycles. The van der Waals surface area contributed by atoms with Gasteiger partial charge in [-0.25, -0.2) is 0 Å². The summed E-state index contributed by atoms with van der Waals surface area (Å²) in [5.74, 6) is 0. The Balaban J connectivity index is 2.36. The highest BCUT2D eigenvalue weighted by molar-refractivity contribution is 5.14. The zero-order valence-electron chi connectivity index (χ0n) is 13.2. The molecule has 0 amide bonds. The van der Waals surface area contributed by atoms with Gasteiger partial charge in [0.05, 0.1) is 0 Å². The average molecular weight is 252 g/mol. The molecule has 0 spiro atoms. The second-order valence-electron chi connectivity index (χ2n) is 6.97. The van der Waals surface area contributed by atoms with Crippen LogP contribution in [0.4, 0.5) is 0 Å². The van der Waals surface area contributed by atoms with E-state index in [4.69, 9.17) is 0 Å². The molecule has 0 aromatic rings. The molecule has 0 saturated carbocycles. The van der Waals surface area contributed by atoms with Gasteiger partial charge in [0.15, 0.2) is 0 Å². The smallest absolute Gasteiger partial charge is 0.0168 e. The normalized spacial score (nSPS) is 20.1. The highest BCUT2D eigenvalue weighted by Gasteiger charge is 2.23. The summed E-state index contributed by atoms with van der Waals surface area (Å²) >= 11 is 0. The molecule has 1 unspecified atom stereocenters. The number of rotatable bonds is 5. The Hall–Kier alpha value is -0.340. The first-order chi connectivity index (χ1) is 8.30. The quantitative estimate of drug-likeness (QED) is 0.754. The third kappa shape index (κ3) is 5.11. The molecule has 1 heterocycles. The van der Waals surface area contributed by atoms with Gasteiger partial charge < -0.3 is 5.32 Å². The van der Waals surface area contributed by atoms with Gasteiger partial charge >= 0.3 is 0 Å². The number of nitrogens with zero attached hydrogens (tertiary/aromatic N) is 1. The van der Waals surface area contributed by atoms with Crippen molar-refractivity contribution in [1.82, 2.24) is 10.2 Å². The first-order valence-corrected chi connectivity index (χ1v) is 7.47. The largest absolute Gasteiger partial charge is 0.314 e. The monoisotopic (exact) mass is 252 g/mol. The van der Waals surface area contributed by atoms with Crippen LogP contribution < -0.4 is 5.32 Å². The lowest BCUT2D eigenvalue weighted by molar-refractivity contribution is 0.205. The van der Waals surface area contributed by atoms with Gasteiger partial charge in [0, 0.05) is 25.2 Å². The van der Waals surface area contributed by atoms with Gasteiger partial charge in [-0.3, -0.25) is 4.90 Å². The molecular formula is C16H32N2. The second-order valence-corrected chi connectivity index (χ2v) is 6.97. The molecule has 1 aliphatic rings. The third-order valence-electron chi connectivity index (χ3n) is 3.94. The van der Waals surface area contributed by atoms with Crippen molar-refractivity contribution in [2.75, 3.05) is 19.6 Å². The highest BCUT2D eigenvalue weighted by Crippen LogP contribution is 2.30. The van der Waals surface area contributed by atoms with Gasteiger partial charge in [-0.15, -0.1) is 0 Å². The molecular weight excluding hydrogens is 220 g/mol. The summed E-state index contributed by atoms with van der Waals surface area (Å²) in [4.78, 5) is 2.61. The van der Waals surface area contributed by atoms with E-state index in [0.29, 0.717) is 17.5 Å². The first kappa shape index (κ1) is 15.7. The summed E-state index contributed by atoms with van der Waals surface area (Å²) in [6.45, 7) is 17.2. The maximum absolute atomic E-state index is 3.51. The van der Waals surface area contributed by atoms with Crippen molar-refractivity contribution < 1.29 is 0 Å². The maximum atomic E-state index is 3.51. The van der Waals surface area contributed by atoms with Crippen molar-refractivity contribution >= 4 is 0 Å². The van der Waals surface area contributed by atoms with Gasteiger partial charge in [0.1, 0.15) is 0 Å². The van der Waals surface area contributed by atoms with Crippen LogP contribution in [0.25, 0.3) is 0 Å². The van der Waals surface area contributed by atoms with E-state index in [9.17, 15) is 0 Å². The van der Waals surface area contributed by atoms with Gasteiger partial charge in [-0.05, 0) is 31.7 Å². The number of hydrogen-bond acceptors (Lipinski definition) is 2. The van der Waals surface area contributed by atoms with E-state index < -0.39 is 0 Å². The minimum atomic E-state index is 0.356. The Morgan fingerprint density at radius 2 is 1.94 bits per heavy atom. The Kier molecular flexibility index (Phi) is 5.87. The van der Waals surface area contributed by atoms with Crippen molar-refractivity contribution in [1.29, 1.82) is 0 Å². The van der Waals surface area contributed by atoms with Gasteiger partial charge in [0.2, 0.25) is 0 Å². The lowest BCUT2D eigenvalue weighted by atomic mass is 9.82. The molecule has 1 rings (SSSR count). The van der Waals surface area contributed by atoms with Crippen molar-refractivity contribution in [3.63, 3.8) is 0 Å². The zero-order valence-corrected chi connectivity index (χ0v) is 13.2. The van der Waals surface area contributed by atoms with Crippen LogP contribution in [0.5, 0.6) is 0 Å². The molecule has 1 atom stereocenters. The molecule has 18 heavy (non-hydrogen) atoms. The minimum Gasteiger partial charge on any atom is -0.314 e. The maximum Gasteiger partial charge on any atom is 0.0168 e. The Morgan fingerprint density at radius 1 is 1.28 bits per heavy atom.